The van der Waals surface area contributed by atoms with Gasteiger partial charge < -0.3 is 0 Å². The van der Waals surface area contributed by atoms with E-state index in [1.807, 2.05) is 0 Å². The maximum Gasteiger partial charge on any atom is 0.227 e. The smallest absolute Gasteiger partial charge is 0.227 e. The summed E-state index contributed by atoms with van der Waals surface area (Å²) in [6.45, 7) is 3.50. The summed E-state index contributed by atoms with van der Waals surface area (Å²) in [5, 5.41) is 8.64. The molecule has 1 saturated heterocycles. The Morgan fingerprint density at radius 2 is 1.56 bits per heavy atom. The van der Waals surface area contributed by atoms with Crippen LogP contribution in [0.25, 0.3) is 0 Å². The lowest BCUT2D eigenvalue weighted by atomic mass is 10.4. The van der Waals surface area contributed by atoms with E-state index in [1.54, 1.807) is 0 Å². The minimum absolute atomic E-state index is 0.148. The van der Waals surface area contributed by atoms with Gasteiger partial charge in [0.05, 0.1) is 0 Å². The molecule has 1 N–H and O–H groups in total. The van der Waals surface area contributed by atoms with Gasteiger partial charge in [-0.3, -0.25) is 14.9 Å². The Morgan fingerprint density at radius 1 is 1.22 bits per heavy atom. The summed E-state index contributed by atoms with van der Waals surface area (Å²) < 4.78 is 0. The molecule has 0 spiro atoms. The molecule has 2 amide bonds. The third-order valence-corrected chi connectivity index (χ3v) is 0.858. The van der Waals surface area contributed by atoms with Gasteiger partial charge in [0.1, 0.15) is 0 Å². The predicted octanol–water partition coefficient (Wildman–Crippen LogP) is -0.437. The van der Waals surface area contributed by atoms with E-state index in [1.165, 1.54) is 0 Å². The SMILES string of the molecule is C#N.O=C1CCC(=O)N1. The van der Waals surface area contributed by atoms with Crippen LogP contribution in [0.15, 0.2) is 0 Å². The van der Waals surface area contributed by atoms with Crippen LogP contribution in [0.4, 0.5) is 0 Å². The molecule has 0 aliphatic carbocycles. The maximum absolute atomic E-state index is 10.1. The van der Waals surface area contributed by atoms with Gasteiger partial charge >= 0.3 is 0 Å². The summed E-state index contributed by atoms with van der Waals surface area (Å²) in [6, 6.07) is 0. The number of imide groups is 1. The summed E-state index contributed by atoms with van der Waals surface area (Å²) in [7, 11) is 0. The molecule has 0 unspecified atom stereocenters. The van der Waals surface area contributed by atoms with Crippen molar-refractivity contribution in [2.45, 2.75) is 12.8 Å². The van der Waals surface area contributed by atoms with Crippen LogP contribution in [0, 0.1) is 11.8 Å². The molecule has 1 rings (SSSR count). The first-order chi connectivity index (χ1) is 4.29. The van der Waals surface area contributed by atoms with Crippen molar-refractivity contribution in [3.8, 4) is 6.57 Å². The Morgan fingerprint density at radius 3 is 1.67 bits per heavy atom. The number of carbonyl (C=O) groups is 2. The first kappa shape index (κ1) is 7.63. The van der Waals surface area contributed by atoms with Crippen molar-refractivity contribution in [3.05, 3.63) is 0 Å². The number of carbonyl (C=O) groups excluding carboxylic acids is 2. The fourth-order valence-electron chi connectivity index (χ4n) is 0.508. The van der Waals surface area contributed by atoms with E-state index in [0.717, 1.165) is 0 Å². The monoisotopic (exact) mass is 126 g/mol. The van der Waals surface area contributed by atoms with Crippen LogP contribution in [0.3, 0.4) is 0 Å². The van der Waals surface area contributed by atoms with Gasteiger partial charge in [-0.15, -0.1) is 0 Å². The van der Waals surface area contributed by atoms with Gasteiger partial charge in [0.15, 0.2) is 0 Å². The minimum atomic E-state index is -0.148. The van der Waals surface area contributed by atoms with E-state index in [4.69, 9.17) is 5.26 Å². The first-order valence-corrected chi connectivity index (χ1v) is 2.37. The molecule has 0 aromatic heterocycles. The normalized spacial score (nSPS) is 15.8. The molecule has 4 nitrogen and oxygen atoms in total. The van der Waals surface area contributed by atoms with Gasteiger partial charge in [-0.25, -0.2) is 5.26 Å². The molecule has 0 saturated carbocycles. The molecular formula is C5H6N2O2. The molecule has 1 aliphatic heterocycles. The Balaban J connectivity index is 0.000000291. The molecule has 0 aromatic carbocycles. The van der Waals surface area contributed by atoms with Crippen molar-refractivity contribution >= 4 is 11.8 Å². The first-order valence-electron chi connectivity index (χ1n) is 2.37. The number of hydrogen-bond donors (Lipinski definition) is 1. The Kier molecular flexibility index (Phi) is 3.06. The molecule has 1 aliphatic rings. The van der Waals surface area contributed by atoms with Crippen molar-refractivity contribution in [1.82, 2.24) is 5.32 Å². The lowest BCUT2D eigenvalue weighted by molar-refractivity contribution is -0.124. The topological polar surface area (TPSA) is 70.0 Å². The highest BCUT2D eigenvalue weighted by Gasteiger charge is 2.15. The molecule has 9 heavy (non-hydrogen) atoms. The lowest BCUT2D eigenvalue weighted by Gasteiger charge is -1.79. The average molecular weight is 126 g/mol. The number of nitrogens with one attached hydrogen (secondary N) is 1. The molecule has 48 valence electrons. The molecule has 0 radical (unpaired) electrons. The van der Waals surface area contributed by atoms with Crippen molar-refractivity contribution in [1.29, 1.82) is 5.26 Å². The second-order valence-corrected chi connectivity index (χ2v) is 1.47. The maximum atomic E-state index is 10.1. The van der Waals surface area contributed by atoms with Crippen molar-refractivity contribution in [2.75, 3.05) is 0 Å². The van der Waals surface area contributed by atoms with Crippen LogP contribution in [-0.4, -0.2) is 11.8 Å². The van der Waals surface area contributed by atoms with E-state index in [9.17, 15) is 9.59 Å². The van der Waals surface area contributed by atoms with Crippen molar-refractivity contribution in [3.63, 3.8) is 0 Å². The highest BCUT2D eigenvalue weighted by atomic mass is 16.2. The summed E-state index contributed by atoms with van der Waals surface area (Å²) >= 11 is 0. The highest BCUT2D eigenvalue weighted by molar-refractivity contribution is 6.01. The van der Waals surface area contributed by atoms with Gasteiger partial charge in [0, 0.05) is 19.4 Å². The lowest BCUT2D eigenvalue weighted by Crippen LogP contribution is -2.18. The van der Waals surface area contributed by atoms with Crippen LogP contribution in [0.2, 0.25) is 0 Å². The summed E-state index contributed by atoms with van der Waals surface area (Å²) in [5.74, 6) is -0.296. The zero-order valence-corrected chi connectivity index (χ0v) is 4.76. The number of amides is 2. The number of rotatable bonds is 0. The fourth-order valence-corrected chi connectivity index (χ4v) is 0.508. The van der Waals surface area contributed by atoms with E-state index < -0.39 is 0 Å². The van der Waals surface area contributed by atoms with Gasteiger partial charge in [-0.1, -0.05) is 0 Å². The van der Waals surface area contributed by atoms with Crippen molar-refractivity contribution < 1.29 is 9.59 Å². The summed E-state index contributed by atoms with van der Waals surface area (Å²) in [4.78, 5) is 20.2. The third kappa shape index (κ3) is 2.44. The minimum Gasteiger partial charge on any atom is -0.296 e. The summed E-state index contributed by atoms with van der Waals surface area (Å²) in [5.41, 5.74) is 0. The number of hydrogen-bond acceptors (Lipinski definition) is 3. The van der Waals surface area contributed by atoms with Crippen LogP contribution >= 0.6 is 0 Å². The number of nitrogens with zero attached hydrogens (tertiary/aromatic N) is 1. The van der Waals surface area contributed by atoms with Crippen LogP contribution < -0.4 is 5.32 Å². The predicted molar refractivity (Wildman–Crippen MR) is 29.1 cm³/mol. The molecule has 0 aromatic rings. The zero-order valence-electron chi connectivity index (χ0n) is 4.76. The molecule has 0 atom stereocenters. The Bertz CT molecular complexity index is 136. The van der Waals surface area contributed by atoms with E-state index in [0.29, 0.717) is 12.8 Å². The second-order valence-electron chi connectivity index (χ2n) is 1.47. The molecule has 0 bridgehead atoms. The summed E-state index contributed by atoms with van der Waals surface area (Å²) in [6.07, 6.45) is 0.748. The van der Waals surface area contributed by atoms with Gasteiger partial charge in [-0.2, -0.15) is 0 Å². The van der Waals surface area contributed by atoms with Gasteiger partial charge in [-0.05, 0) is 0 Å². The molecule has 4 heteroatoms. The van der Waals surface area contributed by atoms with Gasteiger partial charge in [0.25, 0.3) is 0 Å². The van der Waals surface area contributed by atoms with Crippen LogP contribution in [0.1, 0.15) is 12.8 Å². The number of nitriles is 1. The zero-order chi connectivity index (χ0) is 7.28. The van der Waals surface area contributed by atoms with E-state index in [2.05, 4.69) is 11.9 Å². The molecule has 1 heterocycles. The van der Waals surface area contributed by atoms with Crippen LogP contribution in [0.5, 0.6) is 0 Å². The van der Waals surface area contributed by atoms with Crippen LogP contribution in [-0.2, 0) is 9.59 Å². The quantitative estimate of drug-likeness (QED) is 0.447. The Hall–Kier alpha value is -1.37. The average Bonchev–Trinajstić information content (AvgIpc) is 2.20. The van der Waals surface area contributed by atoms with E-state index >= 15 is 0 Å². The van der Waals surface area contributed by atoms with Gasteiger partial charge in [0.2, 0.25) is 11.8 Å². The van der Waals surface area contributed by atoms with Crippen molar-refractivity contribution in [2.24, 2.45) is 0 Å². The fraction of sp³-hybridized carbons (Fsp3) is 0.400. The largest absolute Gasteiger partial charge is 0.296 e. The second kappa shape index (κ2) is 3.61. The third-order valence-electron chi connectivity index (χ3n) is 0.858. The highest BCUT2D eigenvalue weighted by Crippen LogP contribution is 1.95. The standard InChI is InChI=1S/C4H5NO2.CHN/c6-3-1-2-4(7)5-3;1-2/h1-2H2,(H,5,6,7);1H. The molecular weight excluding hydrogens is 120 g/mol. The van der Waals surface area contributed by atoms with E-state index in [-0.39, 0.29) is 11.8 Å². The Labute approximate surface area is 52.5 Å². The molecule has 1 fully saturated rings.